The maximum absolute atomic E-state index is 12.0. The molecule has 1 aromatic heterocycles. The molecule has 1 aliphatic rings. The van der Waals surface area contributed by atoms with Gasteiger partial charge in [-0.05, 0) is 19.8 Å². The van der Waals surface area contributed by atoms with E-state index in [9.17, 15) is 13.2 Å². The highest BCUT2D eigenvalue weighted by Gasteiger charge is 2.31. The van der Waals surface area contributed by atoms with Crippen molar-refractivity contribution in [3.05, 3.63) is 5.01 Å². The van der Waals surface area contributed by atoms with Gasteiger partial charge in [-0.25, -0.2) is 4.72 Å². The van der Waals surface area contributed by atoms with Crippen LogP contribution in [-0.4, -0.2) is 47.1 Å². The Labute approximate surface area is 114 Å². The minimum atomic E-state index is -3.67. The third-order valence-electron chi connectivity index (χ3n) is 2.89. The topological polar surface area (TPSA) is 112 Å². The van der Waals surface area contributed by atoms with Crippen LogP contribution >= 0.6 is 11.3 Å². The molecule has 10 heteroatoms. The van der Waals surface area contributed by atoms with Gasteiger partial charge in [0.1, 0.15) is 5.01 Å². The van der Waals surface area contributed by atoms with E-state index in [4.69, 9.17) is 5.11 Å². The Hall–Kier alpha value is -1.26. The number of piperidine rings is 1. The Balaban J connectivity index is 1.99. The number of rotatable bonds is 4. The summed E-state index contributed by atoms with van der Waals surface area (Å²) in [5.41, 5.74) is 0. The van der Waals surface area contributed by atoms with Crippen LogP contribution in [0.5, 0.6) is 0 Å². The zero-order valence-electron chi connectivity index (χ0n) is 10.2. The van der Waals surface area contributed by atoms with E-state index in [1.807, 2.05) is 0 Å². The number of anilines is 1. The number of carboxylic acids is 1. The van der Waals surface area contributed by atoms with Crippen molar-refractivity contribution in [3.63, 3.8) is 0 Å². The molecule has 2 heterocycles. The van der Waals surface area contributed by atoms with Gasteiger partial charge in [0.05, 0.1) is 5.92 Å². The molecule has 0 aliphatic carbocycles. The van der Waals surface area contributed by atoms with Gasteiger partial charge in [-0.1, -0.05) is 11.3 Å². The molecule has 106 valence electrons. The number of hydrogen-bond donors (Lipinski definition) is 2. The zero-order chi connectivity index (χ0) is 14.0. The molecule has 0 atom stereocenters. The van der Waals surface area contributed by atoms with E-state index < -0.39 is 22.1 Å². The van der Waals surface area contributed by atoms with Gasteiger partial charge in [0.2, 0.25) is 5.13 Å². The standard InChI is InChI=1S/C9H14N4O4S2/c1-6-10-11-9(18-6)12-19(16,17)13-4-2-7(3-5-13)8(14)15/h7H,2-5H2,1H3,(H,11,12)(H,14,15). The SMILES string of the molecule is Cc1nnc(NS(=O)(=O)N2CCC(C(=O)O)CC2)s1. The monoisotopic (exact) mass is 306 g/mol. The van der Waals surface area contributed by atoms with Crippen molar-refractivity contribution >= 4 is 32.6 Å². The number of nitrogens with zero attached hydrogens (tertiary/aromatic N) is 3. The fourth-order valence-electron chi connectivity index (χ4n) is 1.86. The van der Waals surface area contributed by atoms with Crippen LogP contribution in [0.3, 0.4) is 0 Å². The minimum absolute atomic E-state index is 0.198. The molecule has 0 saturated carbocycles. The molecule has 0 unspecified atom stereocenters. The maximum Gasteiger partial charge on any atom is 0.306 e. The maximum atomic E-state index is 12.0. The first-order valence-electron chi connectivity index (χ1n) is 5.69. The second-order valence-corrected chi connectivity index (χ2v) is 7.10. The fraction of sp³-hybridized carbons (Fsp3) is 0.667. The number of aromatic nitrogens is 2. The highest BCUT2D eigenvalue weighted by molar-refractivity contribution is 7.90. The van der Waals surface area contributed by atoms with Crippen molar-refractivity contribution in [1.82, 2.24) is 14.5 Å². The van der Waals surface area contributed by atoms with Crippen LogP contribution < -0.4 is 4.72 Å². The summed E-state index contributed by atoms with van der Waals surface area (Å²) in [6.07, 6.45) is 0.650. The van der Waals surface area contributed by atoms with E-state index >= 15 is 0 Å². The van der Waals surface area contributed by atoms with Crippen molar-refractivity contribution in [1.29, 1.82) is 0 Å². The lowest BCUT2D eigenvalue weighted by molar-refractivity contribution is -0.142. The lowest BCUT2D eigenvalue weighted by Gasteiger charge is -2.28. The molecular formula is C9H14N4O4S2. The fourth-order valence-corrected chi connectivity index (χ4v) is 3.86. The molecule has 1 saturated heterocycles. The molecular weight excluding hydrogens is 292 g/mol. The second kappa shape index (κ2) is 5.39. The third-order valence-corrected chi connectivity index (χ3v) is 5.27. The second-order valence-electron chi connectivity index (χ2n) is 4.24. The molecule has 1 aromatic rings. The largest absolute Gasteiger partial charge is 0.481 e. The molecule has 0 bridgehead atoms. The Kier molecular flexibility index (Phi) is 4.02. The van der Waals surface area contributed by atoms with E-state index in [2.05, 4.69) is 14.9 Å². The molecule has 2 N–H and O–H groups in total. The predicted octanol–water partition coefficient (Wildman–Crippen LogP) is 0.300. The van der Waals surface area contributed by atoms with Crippen molar-refractivity contribution in [2.45, 2.75) is 19.8 Å². The Morgan fingerprint density at radius 3 is 2.53 bits per heavy atom. The van der Waals surface area contributed by atoms with Crippen LogP contribution in [0.25, 0.3) is 0 Å². The smallest absolute Gasteiger partial charge is 0.306 e. The van der Waals surface area contributed by atoms with E-state index in [1.54, 1.807) is 6.92 Å². The molecule has 1 fully saturated rings. The number of carbonyl (C=O) groups is 1. The summed E-state index contributed by atoms with van der Waals surface area (Å²) in [6, 6.07) is 0. The third kappa shape index (κ3) is 3.39. The first-order chi connectivity index (χ1) is 8.88. The van der Waals surface area contributed by atoms with Crippen molar-refractivity contribution in [3.8, 4) is 0 Å². The van der Waals surface area contributed by atoms with Gasteiger partial charge in [0, 0.05) is 13.1 Å². The van der Waals surface area contributed by atoms with E-state index in [0.29, 0.717) is 17.8 Å². The summed E-state index contributed by atoms with van der Waals surface area (Å²) in [4.78, 5) is 10.8. The zero-order valence-corrected chi connectivity index (χ0v) is 11.9. The Morgan fingerprint density at radius 1 is 1.42 bits per heavy atom. The number of carboxylic acid groups (broad SMARTS) is 1. The Bertz CT molecular complexity index is 563. The van der Waals surface area contributed by atoms with Crippen molar-refractivity contribution in [2.75, 3.05) is 17.8 Å². The molecule has 2 rings (SSSR count). The summed E-state index contributed by atoms with van der Waals surface area (Å²) >= 11 is 1.15. The van der Waals surface area contributed by atoms with Crippen molar-refractivity contribution in [2.24, 2.45) is 5.92 Å². The van der Waals surface area contributed by atoms with E-state index in [-0.39, 0.29) is 18.2 Å². The van der Waals surface area contributed by atoms with Crippen LogP contribution in [0, 0.1) is 12.8 Å². The van der Waals surface area contributed by atoms with Gasteiger partial charge in [0.25, 0.3) is 0 Å². The number of nitrogens with one attached hydrogen (secondary N) is 1. The first kappa shape index (κ1) is 14.2. The number of aliphatic carboxylic acids is 1. The molecule has 1 aliphatic heterocycles. The van der Waals surface area contributed by atoms with E-state index in [1.165, 1.54) is 4.31 Å². The van der Waals surface area contributed by atoms with Crippen LogP contribution in [0.2, 0.25) is 0 Å². The molecule has 8 nitrogen and oxygen atoms in total. The molecule has 0 radical (unpaired) electrons. The number of hydrogen-bond acceptors (Lipinski definition) is 6. The van der Waals surface area contributed by atoms with Gasteiger partial charge in [-0.3, -0.25) is 4.79 Å². The first-order valence-corrected chi connectivity index (χ1v) is 7.95. The van der Waals surface area contributed by atoms with Gasteiger partial charge in [-0.2, -0.15) is 12.7 Å². The van der Waals surface area contributed by atoms with E-state index in [0.717, 1.165) is 11.3 Å². The average Bonchev–Trinajstić information content (AvgIpc) is 2.74. The normalized spacial score (nSPS) is 18.4. The van der Waals surface area contributed by atoms with Crippen LogP contribution in [0.15, 0.2) is 0 Å². The van der Waals surface area contributed by atoms with Crippen LogP contribution in [-0.2, 0) is 15.0 Å². The molecule has 0 aromatic carbocycles. The van der Waals surface area contributed by atoms with Crippen LogP contribution in [0.4, 0.5) is 5.13 Å². The van der Waals surface area contributed by atoms with Crippen LogP contribution in [0.1, 0.15) is 17.8 Å². The minimum Gasteiger partial charge on any atom is -0.481 e. The quantitative estimate of drug-likeness (QED) is 0.827. The summed E-state index contributed by atoms with van der Waals surface area (Å²) in [6.45, 7) is 2.13. The summed E-state index contributed by atoms with van der Waals surface area (Å²) in [5.74, 6) is -1.33. The lowest BCUT2D eigenvalue weighted by Crippen LogP contribution is -2.42. The predicted molar refractivity (Wildman–Crippen MR) is 69.1 cm³/mol. The number of aryl methyl sites for hydroxylation is 1. The summed E-state index contributed by atoms with van der Waals surface area (Å²) < 4.78 is 27.7. The van der Waals surface area contributed by atoms with Gasteiger partial charge >= 0.3 is 16.2 Å². The Morgan fingerprint density at radius 2 is 2.05 bits per heavy atom. The summed E-state index contributed by atoms with van der Waals surface area (Å²) in [7, 11) is -3.67. The van der Waals surface area contributed by atoms with Crippen molar-refractivity contribution < 1.29 is 18.3 Å². The molecule has 0 amide bonds. The van der Waals surface area contributed by atoms with Gasteiger partial charge in [0.15, 0.2) is 0 Å². The van der Waals surface area contributed by atoms with Gasteiger partial charge in [-0.15, -0.1) is 10.2 Å². The van der Waals surface area contributed by atoms with Gasteiger partial charge < -0.3 is 5.11 Å². The average molecular weight is 306 g/mol. The molecule has 0 spiro atoms. The highest BCUT2D eigenvalue weighted by atomic mass is 32.2. The lowest BCUT2D eigenvalue weighted by atomic mass is 9.99. The highest BCUT2D eigenvalue weighted by Crippen LogP contribution is 2.22. The molecule has 19 heavy (non-hydrogen) atoms. The summed E-state index contributed by atoms with van der Waals surface area (Å²) in [5, 5.41) is 17.2.